The molecule has 400 valence electrons. The minimum atomic E-state index is -2.03. The Morgan fingerprint density at radius 2 is 1.51 bits per heavy atom. The first-order chi connectivity index (χ1) is 32.6. The summed E-state index contributed by atoms with van der Waals surface area (Å²) in [5.41, 5.74) is -3.71. The first-order valence-electron chi connectivity index (χ1n) is 24.9. The Kier molecular flexibility index (Phi) is 21.1. The number of likely N-dealkylation sites (N-methyl/N-ethyl adjacent to an activating group) is 1. The number of aromatic hydroxyl groups is 1. The highest BCUT2D eigenvalue weighted by molar-refractivity contribution is 5.83. The zero-order valence-electron chi connectivity index (χ0n) is 44.1. The van der Waals surface area contributed by atoms with Crippen LogP contribution in [0.5, 0.6) is 5.75 Å². The minimum absolute atomic E-state index is 0.0115. The maximum Gasteiger partial charge on any atom is 0.407 e. The molecular weight excluding hydrogens is 911 g/mol. The minimum Gasteiger partial charge on any atom is -0.508 e. The fraction of sp³-hybridized carbons (Fsp3) is 0.804. The molecule has 3 fully saturated rings. The largest absolute Gasteiger partial charge is 0.508 e. The van der Waals surface area contributed by atoms with Gasteiger partial charge in [-0.2, -0.15) is 0 Å². The maximum atomic E-state index is 14.5. The van der Waals surface area contributed by atoms with Gasteiger partial charge < -0.3 is 73.9 Å². The number of carbonyl (C=O) groups excluding carboxylic acids is 4. The fourth-order valence-corrected chi connectivity index (χ4v) is 10.5. The van der Waals surface area contributed by atoms with E-state index in [9.17, 15) is 39.6 Å². The van der Waals surface area contributed by atoms with Crippen molar-refractivity contribution < 1.29 is 77.5 Å². The molecule has 0 spiro atoms. The number of cyclic esters (lactones) is 1. The number of aliphatic hydroxyl groups is 3. The Balaban J connectivity index is 1.63. The molecule has 1 aromatic rings. The lowest BCUT2D eigenvalue weighted by molar-refractivity contribution is -0.319. The van der Waals surface area contributed by atoms with Crippen LogP contribution in [-0.2, 0) is 52.3 Å². The van der Waals surface area contributed by atoms with Crippen LogP contribution in [0.15, 0.2) is 24.3 Å². The molecule has 2 amide bonds. The fourth-order valence-electron chi connectivity index (χ4n) is 10.5. The maximum absolute atomic E-state index is 14.5. The number of nitrogens with one attached hydrogen (secondary N) is 2. The van der Waals surface area contributed by atoms with Crippen molar-refractivity contribution in [2.75, 3.05) is 34.9 Å². The molecule has 0 aromatic heterocycles. The molecule has 3 aliphatic heterocycles. The molecule has 4 rings (SSSR count). The number of methoxy groups -OCH3 is 2. The molecule has 1 aromatic carbocycles. The number of amides is 2. The predicted molar refractivity (Wildman–Crippen MR) is 257 cm³/mol. The van der Waals surface area contributed by atoms with Crippen LogP contribution in [0.25, 0.3) is 0 Å². The van der Waals surface area contributed by atoms with E-state index in [0.29, 0.717) is 12.8 Å². The number of carbonyl (C=O) groups is 4. The number of benzene rings is 1. The smallest absolute Gasteiger partial charge is 0.407 e. The van der Waals surface area contributed by atoms with Gasteiger partial charge in [0.15, 0.2) is 18.7 Å². The molecule has 0 radical (unpaired) electrons. The molecule has 0 bridgehead atoms. The molecule has 3 aliphatic rings. The highest BCUT2D eigenvalue weighted by Gasteiger charge is 2.55. The van der Waals surface area contributed by atoms with Crippen LogP contribution in [0.2, 0.25) is 0 Å². The summed E-state index contributed by atoms with van der Waals surface area (Å²) < 4.78 is 50.9. The Labute approximate surface area is 414 Å². The van der Waals surface area contributed by atoms with Crippen LogP contribution in [0, 0.1) is 23.7 Å². The Bertz CT molecular complexity index is 1870. The molecule has 6 N–H and O–H groups in total. The first-order valence-corrected chi connectivity index (χ1v) is 24.9. The van der Waals surface area contributed by atoms with Gasteiger partial charge in [-0.15, -0.1) is 0 Å². The van der Waals surface area contributed by atoms with E-state index in [1.54, 1.807) is 65.8 Å². The van der Waals surface area contributed by atoms with E-state index in [4.69, 9.17) is 37.9 Å². The van der Waals surface area contributed by atoms with E-state index in [-0.39, 0.29) is 67.9 Å². The van der Waals surface area contributed by atoms with Gasteiger partial charge in [0.05, 0.1) is 48.1 Å². The summed E-state index contributed by atoms with van der Waals surface area (Å²) in [6, 6.07) is 5.95. The van der Waals surface area contributed by atoms with Crippen LogP contribution in [0.1, 0.15) is 126 Å². The molecule has 3 saturated heterocycles. The van der Waals surface area contributed by atoms with Crippen molar-refractivity contribution in [3.05, 3.63) is 29.8 Å². The van der Waals surface area contributed by atoms with Gasteiger partial charge in [0.2, 0.25) is 5.91 Å². The topological polar surface area (TPSA) is 250 Å². The molecular formula is C51H85N3O16. The standard InChI is InChI=1S/C51H85N3O16/c1-16-37-51(11,62)43(59)29(4)40(57)27(2)25-49(9,63-14)44(69-47-41(58)36(54(12)13)24-28(3)65-47)30(5)42(31(6)46(60)67-37)68-39-26-50(10,64-15)45(33(8)66-39)70-48(61)52-23-17-18-38(56)53-32(7)34-19-21-35(55)22-20-34/h19-22,27-33,36-37,39,41-45,47,55,58-59,62H,16-18,23-26H2,1-15H3,(H,52,61)(H,53,56)/t27-,28-,29+,30+,31-,32?,33+,36+,37-,39+,41-,42+,43-,44-,45+,47+,49-,50-,51-/m1/s1. The number of Topliss-reactive ketones (excluding diaryl/α,β-unsaturated/α-hetero) is 1. The Morgan fingerprint density at radius 3 is 2.10 bits per heavy atom. The number of hydrogen-bond acceptors (Lipinski definition) is 17. The van der Waals surface area contributed by atoms with Crippen molar-refractivity contribution in [2.24, 2.45) is 23.7 Å². The molecule has 70 heavy (non-hydrogen) atoms. The van der Waals surface area contributed by atoms with E-state index >= 15 is 0 Å². The number of esters is 1. The number of ether oxygens (including phenoxy) is 8. The van der Waals surface area contributed by atoms with E-state index < -0.39 is 108 Å². The molecule has 19 heteroatoms. The van der Waals surface area contributed by atoms with Gasteiger partial charge in [-0.3, -0.25) is 14.4 Å². The molecule has 0 saturated carbocycles. The van der Waals surface area contributed by atoms with Crippen molar-refractivity contribution in [3.8, 4) is 5.75 Å². The van der Waals surface area contributed by atoms with Crippen LogP contribution in [0.4, 0.5) is 4.79 Å². The second-order valence-corrected chi connectivity index (χ2v) is 20.9. The van der Waals surface area contributed by atoms with E-state index in [0.717, 1.165) is 5.56 Å². The van der Waals surface area contributed by atoms with Crippen LogP contribution in [0.3, 0.4) is 0 Å². The average Bonchev–Trinajstić information content (AvgIpc) is 3.30. The van der Waals surface area contributed by atoms with Gasteiger partial charge in [-0.05, 0) is 106 Å². The number of alkyl carbamates (subject to hydrolysis) is 1. The number of hydrogen-bond donors (Lipinski definition) is 6. The molecule has 3 heterocycles. The number of phenols is 1. The molecule has 0 aliphatic carbocycles. The third-order valence-corrected chi connectivity index (χ3v) is 15.1. The van der Waals surface area contributed by atoms with Gasteiger partial charge in [-0.1, -0.05) is 39.8 Å². The molecule has 1 unspecified atom stereocenters. The first kappa shape index (κ1) is 59.1. The second kappa shape index (κ2) is 25.0. The number of phenolic OH excluding ortho intramolecular Hbond substituents is 1. The number of nitrogens with zero attached hydrogens (tertiary/aromatic N) is 1. The molecule has 19 atom stereocenters. The molecule has 19 nitrogen and oxygen atoms in total. The van der Waals surface area contributed by atoms with Gasteiger partial charge in [0.25, 0.3) is 0 Å². The summed E-state index contributed by atoms with van der Waals surface area (Å²) in [7, 11) is 6.69. The number of rotatable bonds is 15. The van der Waals surface area contributed by atoms with Gasteiger partial charge >= 0.3 is 12.1 Å². The lowest BCUT2D eigenvalue weighted by atomic mass is 9.74. The SMILES string of the molecule is CC[C@H]1OC(=O)[C@H](C)[C@@H](O[C@H]2C[C@@](C)(OC)[C@@H](OC(=O)NCCCC(=O)NC(C)c3ccc(O)cc3)[C@H](C)O2)[C@H](C)[C@@H](O[C@@H]2O[C@H](C)C[C@H](N(C)C)[C@H]2O)[C@](C)(OC)C[C@@H](C)C(=O)[C@H](C)[C@@H](O)[C@]1(C)O. The van der Waals surface area contributed by atoms with E-state index in [2.05, 4.69) is 10.6 Å². The summed E-state index contributed by atoms with van der Waals surface area (Å²) in [6.07, 6.45) is -10.0. The zero-order valence-corrected chi connectivity index (χ0v) is 44.1. The normalized spacial score (nSPS) is 39.6. The second-order valence-electron chi connectivity index (χ2n) is 20.9. The van der Waals surface area contributed by atoms with Gasteiger partial charge in [0, 0.05) is 57.4 Å². The van der Waals surface area contributed by atoms with Crippen molar-refractivity contribution in [1.82, 2.24) is 15.5 Å². The van der Waals surface area contributed by atoms with E-state index in [1.165, 1.54) is 28.1 Å². The van der Waals surface area contributed by atoms with Crippen molar-refractivity contribution in [2.45, 2.75) is 205 Å². The lowest BCUT2D eigenvalue weighted by Crippen LogP contribution is -2.62. The zero-order chi connectivity index (χ0) is 52.6. The highest BCUT2D eigenvalue weighted by Crippen LogP contribution is 2.42. The summed E-state index contributed by atoms with van der Waals surface area (Å²) in [6.45, 7) is 18.9. The Hall–Kier alpha value is -3.50. The predicted octanol–water partition coefficient (Wildman–Crippen LogP) is 4.54. The summed E-state index contributed by atoms with van der Waals surface area (Å²) >= 11 is 0. The third kappa shape index (κ3) is 14.2. The third-order valence-electron chi connectivity index (χ3n) is 15.1. The van der Waals surface area contributed by atoms with Crippen molar-refractivity contribution >= 4 is 23.8 Å². The Morgan fingerprint density at radius 1 is 0.900 bits per heavy atom. The summed E-state index contributed by atoms with van der Waals surface area (Å²) in [4.78, 5) is 56.5. The van der Waals surface area contributed by atoms with Crippen molar-refractivity contribution in [1.29, 1.82) is 0 Å². The summed E-state index contributed by atoms with van der Waals surface area (Å²) in [5, 5.41) is 50.3. The number of ketones is 1. The van der Waals surface area contributed by atoms with Gasteiger partial charge in [0.1, 0.15) is 34.9 Å². The van der Waals surface area contributed by atoms with Gasteiger partial charge in [-0.25, -0.2) is 4.79 Å². The lowest BCUT2D eigenvalue weighted by Gasteiger charge is -2.50. The summed E-state index contributed by atoms with van der Waals surface area (Å²) in [5.74, 6) is -4.92. The van der Waals surface area contributed by atoms with E-state index in [1.807, 2.05) is 39.8 Å². The quantitative estimate of drug-likeness (QED) is 0.104. The number of aliphatic hydroxyl groups excluding tert-OH is 2. The monoisotopic (exact) mass is 996 g/mol. The highest BCUT2D eigenvalue weighted by atomic mass is 16.7. The van der Waals surface area contributed by atoms with Crippen LogP contribution < -0.4 is 10.6 Å². The van der Waals surface area contributed by atoms with Crippen LogP contribution in [-0.4, -0.2) is 168 Å². The average molecular weight is 996 g/mol. The van der Waals surface area contributed by atoms with Crippen molar-refractivity contribution in [3.63, 3.8) is 0 Å². The van der Waals surface area contributed by atoms with Crippen LogP contribution >= 0.6 is 0 Å².